The molecule has 1 aromatic rings. The van der Waals surface area contributed by atoms with Gasteiger partial charge < -0.3 is 10.4 Å². The zero-order valence-electron chi connectivity index (χ0n) is 11.7. The molecule has 2 atom stereocenters. The highest BCUT2D eigenvalue weighted by atomic mass is 79.9. The molecule has 0 heterocycles. The summed E-state index contributed by atoms with van der Waals surface area (Å²) in [7, 11) is 0. The van der Waals surface area contributed by atoms with Gasteiger partial charge >= 0.3 is 5.97 Å². The van der Waals surface area contributed by atoms with Gasteiger partial charge in [0.1, 0.15) is 5.82 Å². The Morgan fingerprint density at radius 2 is 2.10 bits per heavy atom. The molecule has 1 aliphatic rings. The van der Waals surface area contributed by atoms with Crippen molar-refractivity contribution in [3.8, 4) is 0 Å². The van der Waals surface area contributed by atoms with Crippen molar-refractivity contribution in [1.29, 1.82) is 0 Å². The summed E-state index contributed by atoms with van der Waals surface area (Å²) in [6, 6.07) is 3.92. The van der Waals surface area contributed by atoms with Gasteiger partial charge in [0.25, 0.3) is 5.91 Å². The number of carbonyl (C=O) groups is 2. The van der Waals surface area contributed by atoms with Crippen LogP contribution in [0.1, 0.15) is 43.0 Å². The Morgan fingerprint density at radius 3 is 2.71 bits per heavy atom. The summed E-state index contributed by atoms with van der Waals surface area (Å²) in [6.07, 6.45) is 2.85. The van der Waals surface area contributed by atoms with Crippen LogP contribution in [0.3, 0.4) is 0 Å². The minimum atomic E-state index is -0.905. The second kappa shape index (κ2) is 6.13. The summed E-state index contributed by atoms with van der Waals surface area (Å²) in [6.45, 7) is 1.75. The summed E-state index contributed by atoms with van der Waals surface area (Å²) < 4.78 is 13.8. The third kappa shape index (κ3) is 3.61. The molecule has 21 heavy (non-hydrogen) atoms. The quantitative estimate of drug-likeness (QED) is 0.871. The van der Waals surface area contributed by atoms with E-state index in [0.717, 1.165) is 18.9 Å². The topological polar surface area (TPSA) is 66.4 Å². The van der Waals surface area contributed by atoms with Gasteiger partial charge in [0.15, 0.2) is 0 Å². The standard InChI is InChI=1S/C15H17BrFNO3/c1-15(5-3-2-4-12(15)14(20)21)18-13(19)9-6-10(16)8-11(17)7-9/h6-8,12H,2-5H2,1H3,(H,18,19)(H,20,21). The van der Waals surface area contributed by atoms with Crippen LogP contribution in [0.2, 0.25) is 0 Å². The molecule has 4 nitrogen and oxygen atoms in total. The minimum absolute atomic E-state index is 0.179. The molecule has 2 unspecified atom stereocenters. The molecule has 1 aliphatic carbocycles. The van der Waals surface area contributed by atoms with Crippen molar-refractivity contribution in [2.45, 2.75) is 38.1 Å². The predicted octanol–water partition coefficient (Wildman–Crippen LogP) is 3.35. The number of carboxylic acid groups (broad SMARTS) is 1. The predicted molar refractivity (Wildman–Crippen MR) is 79.6 cm³/mol. The number of hydrogen-bond donors (Lipinski definition) is 2. The molecule has 1 fully saturated rings. The van der Waals surface area contributed by atoms with Crippen molar-refractivity contribution in [2.75, 3.05) is 0 Å². The first kappa shape index (κ1) is 15.9. The van der Waals surface area contributed by atoms with Crippen LogP contribution in [-0.2, 0) is 4.79 Å². The highest BCUT2D eigenvalue weighted by Crippen LogP contribution is 2.34. The maximum atomic E-state index is 13.4. The molecule has 2 N–H and O–H groups in total. The number of carboxylic acids is 1. The van der Waals surface area contributed by atoms with Crippen molar-refractivity contribution in [3.05, 3.63) is 34.1 Å². The van der Waals surface area contributed by atoms with Crippen LogP contribution in [0.25, 0.3) is 0 Å². The number of carbonyl (C=O) groups excluding carboxylic acids is 1. The molecule has 1 saturated carbocycles. The smallest absolute Gasteiger partial charge is 0.308 e. The van der Waals surface area contributed by atoms with Crippen LogP contribution >= 0.6 is 15.9 Å². The molecule has 6 heteroatoms. The van der Waals surface area contributed by atoms with Crippen molar-refractivity contribution in [3.63, 3.8) is 0 Å². The van der Waals surface area contributed by atoms with Gasteiger partial charge in [0.2, 0.25) is 0 Å². The Kier molecular flexibility index (Phi) is 4.66. The normalized spacial score (nSPS) is 25.4. The van der Waals surface area contributed by atoms with Gasteiger partial charge in [-0.25, -0.2) is 4.39 Å². The maximum absolute atomic E-state index is 13.4. The molecule has 0 saturated heterocycles. The third-order valence-corrected chi connectivity index (χ3v) is 4.49. The van der Waals surface area contributed by atoms with Gasteiger partial charge in [-0.3, -0.25) is 9.59 Å². The molecule has 114 valence electrons. The third-order valence-electron chi connectivity index (χ3n) is 4.03. The van der Waals surface area contributed by atoms with Gasteiger partial charge in [-0.1, -0.05) is 28.8 Å². The van der Waals surface area contributed by atoms with Crippen molar-refractivity contribution in [1.82, 2.24) is 5.32 Å². The number of aliphatic carboxylic acids is 1. The minimum Gasteiger partial charge on any atom is -0.481 e. The van der Waals surface area contributed by atoms with E-state index >= 15 is 0 Å². The maximum Gasteiger partial charge on any atom is 0.308 e. The van der Waals surface area contributed by atoms with Crippen LogP contribution in [0.4, 0.5) is 4.39 Å². The van der Waals surface area contributed by atoms with E-state index in [0.29, 0.717) is 17.3 Å². The fraction of sp³-hybridized carbons (Fsp3) is 0.467. The first-order chi connectivity index (χ1) is 9.82. The lowest BCUT2D eigenvalue weighted by atomic mass is 9.73. The van der Waals surface area contributed by atoms with Crippen LogP contribution in [0, 0.1) is 11.7 Å². The number of rotatable bonds is 3. The van der Waals surface area contributed by atoms with Crippen molar-refractivity contribution >= 4 is 27.8 Å². The first-order valence-electron chi connectivity index (χ1n) is 6.83. The highest BCUT2D eigenvalue weighted by molar-refractivity contribution is 9.10. The molecule has 0 spiro atoms. The SMILES string of the molecule is CC1(NC(=O)c2cc(F)cc(Br)c2)CCCCC1C(=O)O. The summed E-state index contributed by atoms with van der Waals surface area (Å²) in [5, 5.41) is 12.1. The Morgan fingerprint density at radius 1 is 1.38 bits per heavy atom. The summed E-state index contributed by atoms with van der Waals surface area (Å²) in [5.41, 5.74) is -0.627. The van der Waals surface area contributed by atoms with E-state index in [4.69, 9.17) is 0 Å². The average Bonchev–Trinajstić information content (AvgIpc) is 2.37. The van der Waals surface area contributed by atoms with E-state index in [1.165, 1.54) is 12.1 Å². The molecule has 1 amide bonds. The largest absolute Gasteiger partial charge is 0.481 e. The second-order valence-corrected chi connectivity index (χ2v) is 6.58. The molecule has 0 aromatic heterocycles. The zero-order chi connectivity index (χ0) is 15.6. The van der Waals surface area contributed by atoms with Gasteiger partial charge in [0, 0.05) is 10.0 Å². The highest BCUT2D eigenvalue weighted by Gasteiger charge is 2.42. The summed E-state index contributed by atoms with van der Waals surface area (Å²) >= 11 is 3.14. The lowest BCUT2D eigenvalue weighted by molar-refractivity contribution is -0.145. The fourth-order valence-corrected chi connectivity index (χ4v) is 3.36. The van der Waals surface area contributed by atoms with Crippen molar-refractivity contribution in [2.24, 2.45) is 5.92 Å². The van der Waals surface area contributed by atoms with Crippen LogP contribution in [-0.4, -0.2) is 22.5 Å². The lowest BCUT2D eigenvalue weighted by Gasteiger charge is -2.39. The van der Waals surface area contributed by atoms with E-state index in [9.17, 15) is 19.1 Å². The molecule has 0 radical (unpaired) electrons. The number of nitrogens with one attached hydrogen (secondary N) is 1. The molecular weight excluding hydrogens is 341 g/mol. The monoisotopic (exact) mass is 357 g/mol. The van der Waals surface area contributed by atoms with Gasteiger partial charge in [0.05, 0.1) is 11.5 Å². The van der Waals surface area contributed by atoms with Crippen LogP contribution < -0.4 is 5.32 Å². The molecule has 1 aromatic carbocycles. The average molecular weight is 358 g/mol. The molecule has 0 aliphatic heterocycles. The van der Waals surface area contributed by atoms with E-state index in [1.807, 2.05) is 0 Å². The Labute approximate surface area is 130 Å². The molecule has 2 rings (SSSR count). The number of halogens is 2. The Balaban J connectivity index is 2.22. The summed E-state index contributed by atoms with van der Waals surface area (Å²) in [5.74, 6) is -2.49. The Bertz CT molecular complexity index is 558. The number of amides is 1. The van der Waals surface area contributed by atoms with Crippen LogP contribution in [0.15, 0.2) is 22.7 Å². The van der Waals surface area contributed by atoms with Crippen molar-refractivity contribution < 1.29 is 19.1 Å². The van der Waals surface area contributed by atoms with Gasteiger partial charge in [-0.2, -0.15) is 0 Å². The fourth-order valence-electron chi connectivity index (χ4n) is 2.90. The van der Waals surface area contributed by atoms with E-state index in [1.54, 1.807) is 6.92 Å². The second-order valence-electron chi connectivity index (χ2n) is 5.67. The number of hydrogen-bond acceptors (Lipinski definition) is 2. The van der Waals surface area contributed by atoms with E-state index in [2.05, 4.69) is 21.2 Å². The first-order valence-corrected chi connectivity index (χ1v) is 7.62. The van der Waals surface area contributed by atoms with E-state index < -0.39 is 29.2 Å². The zero-order valence-corrected chi connectivity index (χ0v) is 13.2. The molecule has 0 bridgehead atoms. The van der Waals surface area contributed by atoms with Crippen LogP contribution in [0.5, 0.6) is 0 Å². The Hall–Kier alpha value is -1.43. The van der Waals surface area contributed by atoms with Gasteiger partial charge in [-0.15, -0.1) is 0 Å². The summed E-state index contributed by atoms with van der Waals surface area (Å²) in [4.78, 5) is 23.7. The molecular formula is C15H17BrFNO3. The number of benzene rings is 1. The van der Waals surface area contributed by atoms with E-state index in [-0.39, 0.29) is 5.56 Å². The van der Waals surface area contributed by atoms with Gasteiger partial charge in [-0.05, 0) is 38.0 Å². The lowest BCUT2D eigenvalue weighted by Crippen LogP contribution is -2.55.